The maximum absolute atomic E-state index is 17.6. The molecule has 8 aliphatic carbocycles. The van der Waals surface area contributed by atoms with E-state index in [2.05, 4.69) is 9.80 Å². The zero-order chi connectivity index (χ0) is 60.4. The lowest BCUT2D eigenvalue weighted by Gasteiger charge is -2.63. The van der Waals surface area contributed by atoms with Crippen LogP contribution < -0.4 is 0 Å². The molecule has 2 heterocycles. The fraction of sp³-hybridized carbons (Fsp3) is 0.594. The van der Waals surface area contributed by atoms with Gasteiger partial charge in [0.2, 0.25) is 0 Å². The number of hydrogen-bond acceptors (Lipinski definition) is 11. The van der Waals surface area contributed by atoms with Crippen LogP contribution in [0.4, 0.5) is 17.6 Å². The van der Waals surface area contributed by atoms with Gasteiger partial charge in [-0.25, -0.2) is 17.6 Å². The quantitative estimate of drug-likeness (QED) is 0.161. The molecule has 19 heteroatoms. The van der Waals surface area contributed by atoms with Gasteiger partial charge in [-0.1, -0.05) is 85.2 Å². The van der Waals surface area contributed by atoms with E-state index < -0.39 is 92.1 Å². The zero-order valence-corrected chi connectivity index (χ0v) is 50.6. The maximum Gasteiger partial charge on any atom is 0.311 e. The molecule has 12 rings (SSSR count). The van der Waals surface area contributed by atoms with Crippen molar-refractivity contribution in [3.8, 4) is 0 Å². The minimum Gasteiger partial charge on any atom is -0.481 e. The molecule has 18 atom stereocenters. The van der Waals surface area contributed by atoms with Crippen LogP contribution in [-0.4, -0.2) is 133 Å². The molecule has 6 saturated carbocycles. The number of aliphatic hydroxyl groups is 2. The molecule has 83 heavy (non-hydrogen) atoms. The Bertz CT molecular complexity index is 3170. The number of halogens is 7. The molecule has 2 aromatic carbocycles. The van der Waals surface area contributed by atoms with E-state index in [4.69, 9.17) is 34.8 Å². The first kappa shape index (κ1) is 62.1. The Labute approximate surface area is 501 Å². The number of aliphatic carboxylic acids is 1. The minimum atomic E-state index is -2.19. The summed E-state index contributed by atoms with van der Waals surface area (Å²) in [5.41, 5.74) is -8.95. The SMILES string of the molecule is CC(=O)CCl.CC(=O)CSC(=O)[C@@]12CN(Cc3cccc(Cl)c3)C[C@@H]1C[C@H]1[C@@H]3C[C@H](F)C4=CC(=O)C=C[C@]4(C)[C@@]3(F)[C@@H](O)C[C@@]12C.C[C@]12C=CC(=O)C=C1[C@@H](F)C[C@H]1[C@@H]3C[C@H]4CN(Cc5cccc(Cl)c5)C[C@@]4(C(=O)O)[C@@]3(C)C[C@H](O)[C@@]12F. The molecule has 8 fully saturated rings. The lowest BCUT2D eigenvalue weighted by atomic mass is 9.43. The van der Waals surface area contributed by atoms with Crippen LogP contribution in [0.1, 0.15) is 91.2 Å². The van der Waals surface area contributed by atoms with Crippen molar-refractivity contribution in [3.63, 3.8) is 0 Å². The van der Waals surface area contributed by atoms with Crippen molar-refractivity contribution >= 4 is 80.8 Å². The van der Waals surface area contributed by atoms with Crippen molar-refractivity contribution < 1.29 is 61.6 Å². The predicted octanol–water partition coefficient (Wildman–Crippen LogP) is 11.1. The second-order valence-corrected chi connectivity index (χ2v) is 28.6. The minimum absolute atomic E-state index is 0.0201. The third-order valence-electron chi connectivity index (χ3n) is 22.4. The lowest BCUT2D eigenvalue weighted by molar-refractivity contribution is -0.215. The molecule has 10 aliphatic rings. The number of carbonyl (C=O) groups excluding carboxylic acids is 5. The topological polar surface area (TPSA) is 170 Å². The molecule has 11 nitrogen and oxygen atoms in total. The molecule has 0 amide bonds. The number of alkyl halides is 5. The van der Waals surface area contributed by atoms with E-state index >= 15 is 17.6 Å². The molecule has 0 radical (unpaired) electrons. The average Bonchev–Trinajstić information content (AvgIpc) is 1.69. The van der Waals surface area contributed by atoms with Crippen LogP contribution in [0.3, 0.4) is 0 Å². The summed E-state index contributed by atoms with van der Waals surface area (Å²) in [6, 6.07) is 15.1. The summed E-state index contributed by atoms with van der Waals surface area (Å²) in [4.78, 5) is 77.4. The van der Waals surface area contributed by atoms with E-state index in [0.29, 0.717) is 55.6 Å². The summed E-state index contributed by atoms with van der Waals surface area (Å²) in [5.74, 6) is -4.41. The van der Waals surface area contributed by atoms with Crippen LogP contribution >= 0.6 is 46.6 Å². The van der Waals surface area contributed by atoms with Crippen molar-refractivity contribution in [2.24, 2.45) is 68.0 Å². The zero-order valence-electron chi connectivity index (χ0n) is 47.5. The van der Waals surface area contributed by atoms with Gasteiger partial charge in [0.1, 0.15) is 23.9 Å². The standard InChI is InChI=1S/C32H36ClF2NO4S.C29H32ClF2NO4.C3H5ClO/c1-18(37)16-41-28(40)31-17-36(14-19-5-4-6-21(33)9-19)15-20(31)10-23-24-12-26(34)25-11-22(38)7-8-29(25,2)32(24,35)27(39)13-30(23,31)3;1-26-7-6-19(34)10-22(26)23(31)11-21-20-9-17-14-33(13-16-4-3-5-18(30)8-16)15-28(17,25(36)37)27(20,2)12-24(35)29(21,26)32;1-3(5)2-4/h4-9,11,20,23-24,26-27,39H,10,12-17H2,1-3H3;3-8,10,17,20-21,23-24,35H,9,11-15H2,1-2H3,(H,36,37);2H2,1H3/t20-,23-,24-,26-,27-,29-,30-,31+,32-;17-,20-,21-,23-,24-,26-,27-,28+,29-;/m00./s1. The third kappa shape index (κ3) is 9.39. The highest BCUT2D eigenvalue weighted by Gasteiger charge is 2.80. The number of allylic oxidation sites excluding steroid dienone is 8. The fourth-order valence-electron chi connectivity index (χ4n) is 18.8. The van der Waals surface area contributed by atoms with Gasteiger partial charge in [0.05, 0.1) is 34.7 Å². The fourth-order valence-corrected chi connectivity index (χ4v) is 20.2. The third-order valence-corrected chi connectivity index (χ3v) is 24.4. The van der Waals surface area contributed by atoms with Gasteiger partial charge in [-0.2, -0.15) is 0 Å². The second-order valence-electron chi connectivity index (χ2n) is 26.5. The number of aliphatic hydroxyl groups excluding tert-OH is 2. The average molecular weight is 1230 g/mol. The number of ketones is 4. The van der Waals surface area contributed by atoms with Crippen LogP contribution in [-0.2, 0) is 41.9 Å². The Morgan fingerprint density at radius 1 is 0.651 bits per heavy atom. The lowest BCUT2D eigenvalue weighted by Crippen LogP contribution is -2.69. The number of carbonyl (C=O) groups is 6. The van der Waals surface area contributed by atoms with Gasteiger partial charge in [0.25, 0.3) is 0 Å². The molecule has 448 valence electrons. The van der Waals surface area contributed by atoms with E-state index in [-0.39, 0.29) is 101 Å². The van der Waals surface area contributed by atoms with Crippen LogP contribution in [0.25, 0.3) is 0 Å². The Morgan fingerprint density at radius 3 is 1.46 bits per heavy atom. The van der Waals surface area contributed by atoms with Crippen molar-refractivity contribution in [2.75, 3.05) is 37.8 Å². The first-order valence-corrected chi connectivity index (χ1v) is 31.0. The van der Waals surface area contributed by atoms with Crippen LogP contribution in [0.2, 0.25) is 10.0 Å². The summed E-state index contributed by atoms with van der Waals surface area (Å²) in [5, 5.41) is 35.1. The second kappa shape index (κ2) is 22.0. The van der Waals surface area contributed by atoms with Gasteiger partial charge in [0, 0.05) is 72.0 Å². The van der Waals surface area contributed by atoms with Crippen molar-refractivity contribution in [2.45, 2.75) is 129 Å². The molecule has 0 unspecified atom stereocenters. The molecule has 2 aliphatic heterocycles. The molecular formula is C64H73Cl3F4N2O9S. The van der Waals surface area contributed by atoms with Crippen LogP contribution in [0.5, 0.6) is 0 Å². The first-order chi connectivity index (χ1) is 38.9. The molecule has 2 aromatic rings. The summed E-state index contributed by atoms with van der Waals surface area (Å²) >= 11 is 18.4. The van der Waals surface area contributed by atoms with E-state index in [1.165, 1.54) is 50.3 Å². The van der Waals surface area contributed by atoms with E-state index in [0.717, 1.165) is 22.9 Å². The Hall–Kier alpha value is -4.00. The summed E-state index contributed by atoms with van der Waals surface area (Å²) in [6.07, 6.45) is 2.49. The van der Waals surface area contributed by atoms with E-state index in [9.17, 15) is 44.1 Å². The molecule has 0 aromatic heterocycles. The molecule has 3 N–H and O–H groups in total. The van der Waals surface area contributed by atoms with Gasteiger partial charge in [0.15, 0.2) is 28.0 Å². The number of likely N-dealkylation sites (tertiary alicyclic amines) is 2. The van der Waals surface area contributed by atoms with Crippen molar-refractivity contribution in [1.82, 2.24) is 9.80 Å². The molecule has 0 spiro atoms. The smallest absolute Gasteiger partial charge is 0.311 e. The largest absolute Gasteiger partial charge is 0.481 e. The number of rotatable bonds is 9. The number of benzene rings is 2. The van der Waals surface area contributed by atoms with Gasteiger partial charge >= 0.3 is 5.97 Å². The van der Waals surface area contributed by atoms with Crippen molar-refractivity contribution in [3.05, 3.63) is 117 Å². The highest BCUT2D eigenvalue weighted by molar-refractivity contribution is 8.14. The molecule has 0 bridgehead atoms. The van der Waals surface area contributed by atoms with E-state index in [1.54, 1.807) is 19.9 Å². The van der Waals surface area contributed by atoms with Gasteiger partial charge in [-0.05, 0) is 172 Å². The highest BCUT2D eigenvalue weighted by Crippen LogP contribution is 2.77. The normalized spacial score (nSPS) is 42.5. The Balaban J connectivity index is 0.000000172. The number of hydrogen-bond donors (Lipinski definition) is 3. The van der Waals surface area contributed by atoms with Crippen molar-refractivity contribution in [1.29, 1.82) is 0 Å². The highest BCUT2D eigenvalue weighted by atomic mass is 35.5. The number of carboxylic acids is 1. The predicted molar refractivity (Wildman–Crippen MR) is 311 cm³/mol. The number of fused-ring (bicyclic) bond motifs is 14. The number of thioether (sulfide) groups is 1. The van der Waals surface area contributed by atoms with Crippen LogP contribution in [0, 0.1) is 68.0 Å². The molecule has 2 saturated heterocycles. The van der Waals surface area contributed by atoms with Gasteiger partial charge < -0.3 is 15.3 Å². The monoisotopic (exact) mass is 1230 g/mol. The number of carboxylic acid groups (broad SMARTS) is 1. The number of Topliss-reactive ketones (excluding diaryl/α,β-unsaturated/α-hetero) is 2. The van der Waals surface area contributed by atoms with Gasteiger partial charge in [-0.3, -0.25) is 38.6 Å². The van der Waals surface area contributed by atoms with Crippen LogP contribution in [0.15, 0.2) is 96.1 Å². The number of nitrogens with zero attached hydrogens (tertiary/aromatic N) is 2. The Morgan fingerprint density at radius 2 is 1.06 bits per heavy atom. The van der Waals surface area contributed by atoms with E-state index in [1.807, 2.05) is 56.3 Å². The summed E-state index contributed by atoms with van der Waals surface area (Å²) in [7, 11) is 0. The summed E-state index contributed by atoms with van der Waals surface area (Å²) in [6.45, 7) is 12.9. The Kier molecular flexibility index (Phi) is 16.4. The maximum atomic E-state index is 17.6. The van der Waals surface area contributed by atoms with Gasteiger partial charge in [-0.15, -0.1) is 11.6 Å². The summed E-state index contributed by atoms with van der Waals surface area (Å²) < 4.78 is 66.5. The first-order valence-electron chi connectivity index (χ1n) is 28.7. The molecular weight excluding hydrogens is 1160 g/mol.